The lowest BCUT2D eigenvalue weighted by Gasteiger charge is -2.13. The topological polar surface area (TPSA) is 47.6 Å². The van der Waals surface area contributed by atoms with Crippen LogP contribution in [0.2, 0.25) is 10.0 Å². The van der Waals surface area contributed by atoms with Crippen molar-refractivity contribution in [3.05, 3.63) is 52.0 Å². The summed E-state index contributed by atoms with van der Waals surface area (Å²) >= 11 is 12.0. The van der Waals surface area contributed by atoms with E-state index in [2.05, 4.69) is 12.2 Å². The average Bonchev–Trinajstić information content (AvgIpc) is 2.59. The molecule has 2 aromatic rings. The molecule has 0 atom stereocenters. The Morgan fingerprint density at radius 2 is 1.84 bits per heavy atom. The molecule has 0 aliphatic rings. The van der Waals surface area contributed by atoms with Gasteiger partial charge in [-0.15, -0.1) is 0 Å². The fraction of sp³-hybridized carbons (Fsp3) is 0.316. The number of halogens is 2. The molecule has 1 amide bonds. The standard InChI is InChI=1S/C19H21Cl2NO3/c1-3-5-10-25-17-9-6-13(11-18(17)24-4-2)19(23)22-16-8-7-14(20)12-15(16)21/h6-9,11-12H,3-5,10H2,1-2H3,(H,22,23). The number of carbonyl (C=O) groups excluding carboxylic acids is 1. The fourth-order valence-electron chi connectivity index (χ4n) is 2.15. The van der Waals surface area contributed by atoms with Crippen LogP contribution in [0.15, 0.2) is 36.4 Å². The van der Waals surface area contributed by atoms with Gasteiger partial charge in [-0.3, -0.25) is 4.79 Å². The van der Waals surface area contributed by atoms with Crippen molar-refractivity contribution < 1.29 is 14.3 Å². The Kier molecular flexibility index (Phi) is 7.41. The maximum Gasteiger partial charge on any atom is 0.255 e. The number of amides is 1. The minimum Gasteiger partial charge on any atom is -0.490 e. The molecule has 25 heavy (non-hydrogen) atoms. The van der Waals surface area contributed by atoms with E-state index < -0.39 is 0 Å². The molecule has 0 fully saturated rings. The molecule has 0 radical (unpaired) electrons. The van der Waals surface area contributed by atoms with Crippen molar-refractivity contribution in [2.24, 2.45) is 0 Å². The molecule has 6 heteroatoms. The number of nitrogens with one attached hydrogen (secondary N) is 1. The third kappa shape index (κ3) is 5.55. The summed E-state index contributed by atoms with van der Waals surface area (Å²) in [7, 11) is 0. The summed E-state index contributed by atoms with van der Waals surface area (Å²) < 4.78 is 11.3. The number of rotatable bonds is 8. The summed E-state index contributed by atoms with van der Waals surface area (Å²) in [4.78, 5) is 12.5. The van der Waals surface area contributed by atoms with Crippen LogP contribution < -0.4 is 14.8 Å². The molecule has 0 saturated carbocycles. The zero-order valence-corrected chi connectivity index (χ0v) is 15.8. The number of carbonyl (C=O) groups is 1. The Bertz CT molecular complexity index is 735. The molecule has 0 saturated heterocycles. The number of benzene rings is 2. The molecule has 0 spiro atoms. The summed E-state index contributed by atoms with van der Waals surface area (Å²) in [6, 6.07) is 10.0. The average molecular weight is 382 g/mol. The minimum absolute atomic E-state index is 0.287. The Labute approximate surface area is 158 Å². The van der Waals surface area contributed by atoms with Gasteiger partial charge in [0.05, 0.1) is 23.9 Å². The molecule has 0 aliphatic carbocycles. The highest BCUT2D eigenvalue weighted by Crippen LogP contribution is 2.30. The molecular weight excluding hydrogens is 361 g/mol. The van der Waals surface area contributed by atoms with Crippen molar-refractivity contribution in [3.8, 4) is 11.5 Å². The summed E-state index contributed by atoms with van der Waals surface area (Å²) in [5.74, 6) is 0.898. The van der Waals surface area contributed by atoms with Gasteiger partial charge in [0.1, 0.15) is 0 Å². The van der Waals surface area contributed by atoms with Crippen molar-refractivity contribution in [1.29, 1.82) is 0 Å². The van der Waals surface area contributed by atoms with Gasteiger partial charge in [0.15, 0.2) is 11.5 Å². The zero-order chi connectivity index (χ0) is 18.2. The molecule has 2 aromatic carbocycles. The highest BCUT2D eigenvalue weighted by Gasteiger charge is 2.13. The number of ether oxygens (including phenoxy) is 2. The molecule has 0 unspecified atom stereocenters. The van der Waals surface area contributed by atoms with Crippen LogP contribution in [-0.2, 0) is 0 Å². The molecule has 0 heterocycles. The smallest absolute Gasteiger partial charge is 0.255 e. The largest absolute Gasteiger partial charge is 0.490 e. The first kappa shape index (κ1) is 19.4. The van der Waals surface area contributed by atoms with Gasteiger partial charge in [-0.25, -0.2) is 0 Å². The lowest BCUT2D eigenvalue weighted by molar-refractivity contribution is 0.102. The monoisotopic (exact) mass is 381 g/mol. The SMILES string of the molecule is CCCCOc1ccc(C(=O)Nc2ccc(Cl)cc2Cl)cc1OCC. The van der Waals surface area contributed by atoms with E-state index >= 15 is 0 Å². The summed E-state index contributed by atoms with van der Waals surface area (Å²) in [6.45, 7) is 5.08. The van der Waals surface area contributed by atoms with Crippen LogP contribution in [0.5, 0.6) is 11.5 Å². The van der Waals surface area contributed by atoms with Crippen LogP contribution in [0.25, 0.3) is 0 Å². The molecular formula is C19H21Cl2NO3. The van der Waals surface area contributed by atoms with Crippen LogP contribution in [-0.4, -0.2) is 19.1 Å². The van der Waals surface area contributed by atoms with E-state index in [4.69, 9.17) is 32.7 Å². The summed E-state index contributed by atoms with van der Waals surface area (Å²) in [5.41, 5.74) is 0.953. The van der Waals surface area contributed by atoms with Gasteiger partial charge in [0, 0.05) is 10.6 Å². The van der Waals surface area contributed by atoms with Gasteiger partial charge in [-0.05, 0) is 49.7 Å². The molecule has 2 rings (SSSR count). The first-order valence-electron chi connectivity index (χ1n) is 8.21. The number of hydrogen-bond acceptors (Lipinski definition) is 3. The quantitative estimate of drug-likeness (QED) is 0.585. The third-order valence-corrected chi connectivity index (χ3v) is 3.99. The number of anilines is 1. The predicted molar refractivity (Wildman–Crippen MR) is 102 cm³/mol. The van der Waals surface area contributed by atoms with E-state index in [-0.39, 0.29) is 5.91 Å². The van der Waals surface area contributed by atoms with Gasteiger partial charge in [0.2, 0.25) is 0 Å². The third-order valence-electron chi connectivity index (χ3n) is 3.44. The van der Waals surface area contributed by atoms with Crippen molar-refractivity contribution in [2.75, 3.05) is 18.5 Å². The second kappa shape index (κ2) is 9.54. The van der Waals surface area contributed by atoms with E-state index in [9.17, 15) is 4.79 Å². The number of hydrogen-bond donors (Lipinski definition) is 1. The Hall–Kier alpha value is -1.91. The second-order valence-electron chi connectivity index (χ2n) is 5.37. The molecule has 1 N–H and O–H groups in total. The summed E-state index contributed by atoms with van der Waals surface area (Å²) in [6.07, 6.45) is 2.01. The van der Waals surface area contributed by atoms with Gasteiger partial charge in [-0.2, -0.15) is 0 Å². The van der Waals surface area contributed by atoms with Gasteiger partial charge in [-0.1, -0.05) is 36.5 Å². The summed E-state index contributed by atoms with van der Waals surface area (Å²) in [5, 5.41) is 3.66. The lowest BCUT2D eigenvalue weighted by atomic mass is 10.1. The van der Waals surface area contributed by atoms with Crippen molar-refractivity contribution in [1.82, 2.24) is 0 Å². The Morgan fingerprint density at radius 3 is 2.52 bits per heavy atom. The molecule has 0 aliphatic heterocycles. The highest BCUT2D eigenvalue weighted by molar-refractivity contribution is 6.36. The molecule has 134 valence electrons. The van der Waals surface area contributed by atoms with Gasteiger partial charge >= 0.3 is 0 Å². The van der Waals surface area contributed by atoms with E-state index in [1.165, 1.54) is 0 Å². The first-order valence-corrected chi connectivity index (χ1v) is 8.96. The second-order valence-corrected chi connectivity index (χ2v) is 6.22. The van der Waals surface area contributed by atoms with Gasteiger partial charge in [0.25, 0.3) is 5.91 Å². The van der Waals surface area contributed by atoms with E-state index in [0.29, 0.717) is 46.0 Å². The van der Waals surface area contributed by atoms with Crippen LogP contribution >= 0.6 is 23.2 Å². The minimum atomic E-state index is -0.287. The van der Waals surface area contributed by atoms with Crippen molar-refractivity contribution >= 4 is 34.8 Å². The first-order chi connectivity index (χ1) is 12.0. The molecule has 0 bridgehead atoms. The van der Waals surface area contributed by atoms with Crippen LogP contribution in [0.1, 0.15) is 37.0 Å². The normalized spacial score (nSPS) is 10.4. The Balaban J connectivity index is 2.17. The maximum atomic E-state index is 12.5. The Morgan fingerprint density at radius 1 is 1.04 bits per heavy atom. The van der Waals surface area contributed by atoms with Crippen molar-refractivity contribution in [3.63, 3.8) is 0 Å². The van der Waals surface area contributed by atoms with Crippen LogP contribution in [0.4, 0.5) is 5.69 Å². The van der Waals surface area contributed by atoms with E-state index in [1.807, 2.05) is 6.92 Å². The fourth-order valence-corrected chi connectivity index (χ4v) is 2.60. The highest BCUT2D eigenvalue weighted by atomic mass is 35.5. The maximum absolute atomic E-state index is 12.5. The van der Waals surface area contributed by atoms with E-state index in [1.54, 1.807) is 36.4 Å². The zero-order valence-electron chi connectivity index (χ0n) is 14.3. The van der Waals surface area contributed by atoms with Crippen LogP contribution in [0, 0.1) is 0 Å². The molecule has 4 nitrogen and oxygen atoms in total. The van der Waals surface area contributed by atoms with Crippen LogP contribution in [0.3, 0.4) is 0 Å². The predicted octanol–water partition coefficient (Wildman–Crippen LogP) is 5.82. The number of unbranched alkanes of at least 4 members (excludes halogenated alkanes) is 1. The van der Waals surface area contributed by atoms with Gasteiger partial charge < -0.3 is 14.8 Å². The molecule has 0 aromatic heterocycles. The van der Waals surface area contributed by atoms with Crippen molar-refractivity contribution in [2.45, 2.75) is 26.7 Å². The lowest BCUT2D eigenvalue weighted by Crippen LogP contribution is -2.12. The van der Waals surface area contributed by atoms with E-state index in [0.717, 1.165) is 12.8 Å².